The van der Waals surface area contributed by atoms with E-state index in [1.807, 2.05) is 0 Å². The number of carbonyl (C=O) groups excluding carboxylic acids is 4. The van der Waals surface area contributed by atoms with Crippen LogP contribution in [-0.4, -0.2) is 161 Å². The van der Waals surface area contributed by atoms with Crippen LogP contribution in [0.3, 0.4) is 0 Å². The average Bonchev–Trinajstić information content (AvgIpc) is 3.06. The highest BCUT2D eigenvalue weighted by atomic mass is 16.3. The summed E-state index contributed by atoms with van der Waals surface area (Å²) < 4.78 is 0. The van der Waals surface area contributed by atoms with Gasteiger partial charge in [0.25, 0.3) is 23.6 Å². The summed E-state index contributed by atoms with van der Waals surface area (Å²) in [4.78, 5) is 61.7. The lowest BCUT2D eigenvalue weighted by Gasteiger charge is -2.13. The van der Waals surface area contributed by atoms with Gasteiger partial charge in [0.05, 0.1) is 88.7 Å². The van der Waals surface area contributed by atoms with Gasteiger partial charge in [-0.3, -0.25) is 19.2 Å². The van der Waals surface area contributed by atoms with Crippen LogP contribution in [0.2, 0.25) is 0 Å². The van der Waals surface area contributed by atoms with E-state index in [0.717, 1.165) is 24.8 Å². The van der Waals surface area contributed by atoms with Gasteiger partial charge in [-0.05, 0) is 0 Å². The summed E-state index contributed by atoms with van der Waals surface area (Å²) in [6.07, 6.45) is 2.14. The largest absolute Gasteiger partial charge is 0.394 e. The monoisotopic (exact) mass is 628 g/mol. The van der Waals surface area contributed by atoms with Crippen molar-refractivity contribution >= 4 is 23.6 Å². The average molecular weight is 629 g/mol. The van der Waals surface area contributed by atoms with Crippen LogP contribution in [-0.2, 0) is 0 Å². The quantitative estimate of drug-likeness (QED) is 0.0821. The van der Waals surface area contributed by atoms with Crippen molar-refractivity contribution in [2.24, 2.45) is 0 Å². The standard InChI is InChI=1S/2C12H18N4O6/c17-3-7(4-18)15-11(21)9-1-13-10(2-14-9)12(22)16-8(5-19)6-20;17-5-7(19)1-15-11(21)9-3-14-10(4-13-9)12(22)16-2-8(20)6-18/h1-2,7-8,17-20H,3-6H2,(H,15,21)(H,16,22);3-4,7-8,17-20H,1-2,5-6H2,(H,15,21)(H,16,22). The van der Waals surface area contributed by atoms with Crippen molar-refractivity contribution in [2.75, 3.05) is 52.7 Å². The highest BCUT2D eigenvalue weighted by Gasteiger charge is 2.17. The highest BCUT2D eigenvalue weighted by molar-refractivity contribution is 5.95. The van der Waals surface area contributed by atoms with Gasteiger partial charge in [0.2, 0.25) is 0 Å². The Hall–Kier alpha value is -4.28. The smallest absolute Gasteiger partial charge is 0.271 e. The van der Waals surface area contributed by atoms with E-state index in [-0.39, 0.29) is 35.9 Å². The Bertz CT molecular complexity index is 1070. The molecule has 44 heavy (non-hydrogen) atoms. The zero-order chi connectivity index (χ0) is 33.1. The van der Waals surface area contributed by atoms with E-state index in [4.69, 9.17) is 40.9 Å². The first-order valence-corrected chi connectivity index (χ1v) is 12.9. The van der Waals surface area contributed by atoms with Crippen molar-refractivity contribution in [1.82, 2.24) is 41.2 Å². The van der Waals surface area contributed by atoms with E-state index < -0.39 is 87.6 Å². The molecule has 0 aliphatic heterocycles. The van der Waals surface area contributed by atoms with Crippen molar-refractivity contribution in [3.63, 3.8) is 0 Å². The Morgan fingerprint density at radius 2 is 0.773 bits per heavy atom. The van der Waals surface area contributed by atoms with Gasteiger partial charge in [0.1, 0.15) is 22.8 Å². The third kappa shape index (κ3) is 13.4. The molecule has 0 aliphatic carbocycles. The van der Waals surface area contributed by atoms with Gasteiger partial charge >= 0.3 is 0 Å². The molecule has 0 bridgehead atoms. The van der Waals surface area contributed by atoms with E-state index in [9.17, 15) is 19.2 Å². The first-order valence-electron chi connectivity index (χ1n) is 12.9. The van der Waals surface area contributed by atoms with Crippen LogP contribution in [0.25, 0.3) is 0 Å². The molecule has 12 N–H and O–H groups in total. The minimum atomic E-state index is -1.07. The summed E-state index contributed by atoms with van der Waals surface area (Å²) in [6.45, 7) is -2.97. The molecule has 4 amide bonds. The zero-order valence-electron chi connectivity index (χ0n) is 23.3. The van der Waals surface area contributed by atoms with E-state index in [0.29, 0.717) is 0 Å². The van der Waals surface area contributed by atoms with Gasteiger partial charge < -0.3 is 62.1 Å². The van der Waals surface area contributed by atoms with Gasteiger partial charge in [0.15, 0.2) is 0 Å². The Kier molecular flexibility index (Phi) is 17.7. The fraction of sp³-hybridized carbons (Fsp3) is 0.500. The van der Waals surface area contributed by atoms with E-state index in [2.05, 4.69) is 41.2 Å². The summed E-state index contributed by atoms with van der Waals surface area (Å²) in [5, 5.41) is 80.2. The maximum Gasteiger partial charge on any atom is 0.271 e. The van der Waals surface area contributed by atoms with Crippen molar-refractivity contribution in [2.45, 2.75) is 24.3 Å². The Morgan fingerprint density at radius 1 is 0.500 bits per heavy atom. The fourth-order valence-electron chi connectivity index (χ4n) is 2.67. The second-order valence-electron chi connectivity index (χ2n) is 8.74. The lowest BCUT2D eigenvalue weighted by Crippen LogP contribution is -2.41. The van der Waals surface area contributed by atoms with Crippen molar-refractivity contribution in [3.05, 3.63) is 47.6 Å². The number of carbonyl (C=O) groups is 4. The van der Waals surface area contributed by atoms with Gasteiger partial charge in [-0.2, -0.15) is 0 Å². The van der Waals surface area contributed by atoms with Crippen LogP contribution < -0.4 is 21.3 Å². The minimum Gasteiger partial charge on any atom is -0.394 e. The lowest BCUT2D eigenvalue weighted by molar-refractivity contribution is 0.0791. The van der Waals surface area contributed by atoms with Gasteiger partial charge in [-0.15, -0.1) is 0 Å². The first-order chi connectivity index (χ1) is 21.0. The molecule has 0 aromatic carbocycles. The second-order valence-corrected chi connectivity index (χ2v) is 8.74. The summed E-state index contributed by atoms with van der Waals surface area (Å²) in [5.74, 6) is -2.53. The van der Waals surface area contributed by atoms with Gasteiger partial charge in [-0.25, -0.2) is 19.9 Å². The van der Waals surface area contributed by atoms with Crippen LogP contribution >= 0.6 is 0 Å². The van der Waals surface area contributed by atoms with Crippen molar-refractivity contribution in [3.8, 4) is 0 Å². The normalized spacial score (nSPS) is 12.0. The zero-order valence-corrected chi connectivity index (χ0v) is 23.3. The molecule has 0 saturated heterocycles. The topological polar surface area (TPSA) is 330 Å². The predicted octanol–water partition coefficient (Wildman–Crippen LogP) is -6.71. The third-order valence-electron chi connectivity index (χ3n) is 5.20. The van der Waals surface area contributed by atoms with Crippen LogP contribution in [0.5, 0.6) is 0 Å². The van der Waals surface area contributed by atoms with Crippen molar-refractivity contribution < 1.29 is 60.0 Å². The molecule has 0 spiro atoms. The Labute approximate surface area is 249 Å². The molecule has 2 rings (SSSR count). The number of rotatable bonds is 16. The predicted molar refractivity (Wildman–Crippen MR) is 146 cm³/mol. The highest BCUT2D eigenvalue weighted by Crippen LogP contribution is 1.99. The molecule has 0 aliphatic rings. The lowest BCUT2D eigenvalue weighted by atomic mass is 10.3. The van der Waals surface area contributed by atoms with E-state index in [1.165, 1.54) is 0 Å². The molecule has 2 heterocycles. The molecule has 2 atom stereocenters. The Morgan fingerprint density at radius 3 is 1.00 bits per heavy atom. The van der Waals surface area contributed by atoms with E-state index >= 15 is 0 Å². The third-order valence-corrected chi connectivity index (χ3v) is 5.20. The van der Waals surface area contributed by atoms with Gasteiger partial charge in [0, 0.05) is 13.1 Å². The molecule has 0 radical (unpaired) electrons. The number of amides is 4. The minimum absolute atomic E-state index is 0.0583. The number of hydrogen-bond donors (Lipinski definition) is 12. The molecule has 2 aromatic heterocycles. The molecule has 0 saturated carbocycles. The van der Waals surface area contributed by atoms with Crippen LogP contribution in [0.1, 0.15) is 42.0 Å². The SMILES string of the molecule is O=C(NC(CO)CO)c1cnc(C(=O)NC(CO)CO)cn1.O=C(NCC(O)CO)c1cnc(C(=O)NCC(O)CO)cn1. The fourth-order valence-corrected chi connectivity index (χ4v) is 2.67. The Balaban J connectivity index is 0.000000440. The number of nitrogens with zero attached hydrogens (tertiary/aromatic N) is 4. The molecule has 20 nitrogen and oxygen atoms in total. The molecular formula is C24H36N8O12. The summed E-state index contributed by atoms with van der Waals surface area (Å²) in [6, 6.07) is -1.63. The number of nitrogens with one attached hydrogen (secondary N) is 4. The molecule has 2 aromatic rings. The number of hydrogen-bond acceptors (Lipinski definition) is 16. The second kappa shape index (κ2) is 20.6. The van der Waals surface area contributed by atoms with E-state index in [1.54, 1.807) is 0 Å². The summed E-state index contributed by atoms with van der Waals surface area (Å²) >= 11 is 0. The number of aliphatic hydroxyl groups is 8. The maximum atomic E-state index is 11.7. The van der Waals surface area contributed by atoms with Crippen molar-refractivity contribution in [1.29, 1.82) is 0 Å². The van der Waals surface area contributed by atoms with Crippen LogP contribution in [0.15, 0.2) is 24.8 Å². The molecule has 2 unspecified atom stereocenters. The van der Waals surface area contributed by atoms with Crippen LogP contribution in [0, 0.1) is 0 Å². The molecule has 20 heteroatoms. The number of aromatic nitrogens is 4. The molecular weight excluding hydrogens is 592 g/mol. The molecule has 244 valence electrons. The number of aliphatic hydroxyl groups excluding tert-OH is 8. The summed E-state index contributed by atoms with van der Waals surface area (Å²) in [7, 11) is 0. The van der Waals surface area contributed by atoms with Crippen LogP contribution in [0.4, 0.5) is 0 Å². The maximum absolute atomic E-state index is 11.7. The van der Waals surface area contributed by atoms with Gasteiger partial charge in [-0.1, -0.05) is 0 Å². The molecule has 0 fully saturated rings. The first kappa shape index (κ1) is 37.7. The summed E-state index contributed by atoms with van der Waals surface area (Å²) in [5.41, 5.74) is -0.303.